The molecule has 1 nitrogen and oxygen atoms in total. The summed E-state index contributed by atoms with van der Waals surface area (Å²) in [4.78, 5) is 0. The van der Waals surface area contributed by atoms with Crippen molar-refractivity contribution in [1.29, 1.82) is 0 Å². The third-order valence-electron chi connectivity index (χ3n) is 1.74. The van der Waals surface area contributed by atoms with Gasteiger partial charge in [-0.15, -0.1) is 0 Å². The molecule has 0 aromatic rings. The molecule has 0 rings (SSSR count). The van der Waals surface area contributed by atoms with Crippen molar-refractivity contribution >= 4 is 0 Å². The highest BCUT2D eigenvalue weighted by Gasteiger charge is 1.92. The van der Waals surface area contributed by atoms with E-state index in [2.05, 4.69) is 39.8 Å². The molecule has 0 spiro atoms. The van der Waals surface area contributed by atoms with E-state index in [4.69, 9.17) is 4.74 Å². The quantitative estimate of drug-likeness (QED) is 0.436. The maximum absolute atomic E-state index is 5.45. The van der Waals surface area contributed by atoms with Crippen molar-refractivity contribution in [2.75, 3.05) is 6.61 Å². The topological polar surface area (TPSA) is 9.23 Å². The molecular formula is C13H28O. The van der Waals surface area contributed by atoms with Crippen molar-refractivity contribution in [1.82, 2.24) is 0 Å². The molecule has 0 radical (unpaired) electrons. The van der Waals surface area contributed by atoms with Gasteiger partial charge in [-0.1, -0.05) is 33.4 Å². The van der Waals surface area contributed by atoms with E-state index in [1.807, 2.05) is 0 Å². The van der Waals surface area contributed by atoms with Gasteiger partial charge in [0.15, 0.2) is 0 Å². The summed E-state index contributed by atoms with van der Waals surface area (Å²) in [6.45, 7) is 9.49. The normalized spacial score (nSPS) is 11.3. The predicted molar refractivity (Wildman–Crippen MR) is 65.6 cm³/mol. The summed E-state index contributed by atoms with van der Waals surface area (Å²) in [5.74, 6) is 0.687. The van der Waals surface area contributed by atoms with Gasteiger partial charge in [0, 0.05) is 6.61 Å². The molecule has 0 aromatic carbocycles. The highest BCUT2D eigenvalue weighted by atomic mass is 16.5. The van der Waals surface area contributed by atoms with Crippen LogP contribution in [0.4, 0.5) is 0 Å². The molecule has 0 saturated heterocycles. The Labute approximate surface area is 90.5 Å². The molecule has 0 aliphatic carbocycles. The Morgan fingerprint density at radius 3 is 2.21 bits per heavy atom. The van der Waals surface area contributed by atoms with E-state index in [-0.39, 0.29) is 7.43 Å². The van der Waals surface area contributed by atoms with Crippen LogP contribution in [0.15, 0.2) is 12.2 Å². The molecule has 14 heavy (non-hydrogen) atoms. The van der Waals surface area contributed by atoms with Gasteiger partial charge >= 0.3 is 0 Å². The highest BCUT2D eigenvalue weighted by Crippen LogP contribution is 2.01. The highest BCUT2D eigenvalue weighted by molar-refractivity contribution is 4.83. The smallest absolute Gasteiger partial charge is 0.0518 e. The number of hydrogen-bond donors (Lipinski definition) is 0. The lowest BCUT2D eigenvalue weighted by atomic mass is 10.1. The van der Waals surface area contributed by atoms with Gasteiger partial charge in [0.25, 0.3) is 0 Å². The fourth-order valence-corrected chi connectivity index (χ4v) is 1.05. The maximum Gasteiger partial charge on any atom is 0.0518 e. The van der Waals surface area contributed by atoms with Crippen LogP contribution in [0.2, 0.25) is 0 Å². The number of allylic oxidation sites excluding steroid dienone is 2. The van der Waals surface area contributed by atoms with E-state index in [0.29, 0.717) is 12.0 Å². The molecular weight excluding hydrogens is 172 g/mol. The molecule has 0 aliphatic heterocycles. The monoisotopic (exact) mass is 200 g/mol. The Morgan fingerprint density at radius 1 is 1.07 bits per heavy atom. The number of unbranched alkanes of at least 4 members (excludes halogenated alkanes) is 2. The van der Waals surface area contributed by atoms with E-state index >= 15 is 0 Å². The third kappa shape index (κ3) is 14.2. The zero-order chi connectivity index (χ0) is 10.1. The van der Waals surface area contributed by atoms with Gasteiger partial charge in [0.05, 0.1) is 6.10 Å². The van der Waals surface area contributed by atoms with Gasteiger partial charge in [0.1, 0.15) is 0 Å². The Balaban J connectivity index is 0. The second-order valence-electron chi connectivity index (χ2n) is 4.09. The first-order chi connectivity index (χ1) is 6.13. The van der Waals surface area contributed by atoms with E-state index in [9.17, 15) is 0 Å². The van der Waals surface area contributed by atoms with Crippen LogP contribution in [-0.4, -0.2) is 12.7 Å². The molecule has 0 unspecified atom stereocenters. The van der Waals surface area contributed by atoms with Gasteiger partial charge in [-0.3, -0.25) is 0 Å². The van der Waals surface area contributed by atoms with E-state index in [0.717, 1.165) is 6.61 Å². The van der Waals surface area contributed by atoms with Crippen LogP contribution in [0.1, 0.15) is 54.4 Å². The van der Waals surface area contributed by atoms with Gasteiger partial charge in [-0.2, -0.15) is 0 Å². The largest absolute Gasteiger partial charge is 0.379 e. The molecule has 0 bridgehead atoms. The SMILES string of the molecule is C.CC(C)/C=C/CCCCOC(C)C. The molecule has 0 atom stereocenters. The molecule has 1 heteroatoms. The molecule has 0 amide bonds. The van der Waals surface area contributed by atoms with Crippen molar-refractivity contribution in [3.05, 3.63) is 12.2 Å². The van der Waals surface area contributed by atoms with Crippen LogP contribution in [-0.2, 0) is 4.74 Å². The van der Waals surface area contributed by atoms with Crippen LogP contribution in [0, 0.1) is 5.92 Å². The summed E-state index contributed by atoms with van der Waals surface area (Å²) in [5, 5.41) is 0. The summed E-state index contributed by atoms with van der Waals surface area (Å²) in [7, 11) is 0. The summed E-state index contributed by atoms with van der Waals surface area (Å²) in [5.41, 5.74) is 0. The van der Waals surface area contributed by atoms with E-state index in [1.165, 1.54) is 19.3 Å². The molecule has 86 valence electrons. The number of rotatable bonds is 7. The fraction of sp³-hybridized carbons (Fsp3) is 0.846. The standard InChI is InChI=1S/C12H24O.CH4/c1-11(2)9-7-5-6-8-10-13-12(3)4;/h7,9,11-12H,5-6,8,10H2,1-4H3;1H4/b9-7+;. The molecule has 0 heterocycles. The van der Waals surface area contributed by atoms with Gasteiger partial charge < -0.3 is 4.74 Å². The second-order valence-corrected chi connectivity index (χ2v) is 4.09. The van der Waals surface area contributed by atoms with E-state index < -0.39 is 0 Å². The van der Waals surface area contributed by atoms with Crippen molar-refractivity contribution in [3.8, 4) is 0 Å². The van der Waals surface area contributed by atoms with Crippen LogP contribution < -0.4 is 0 Å². The summed E-state index contributed by atoms with van der Waals surface area (Å²) >= 11 is 0. The minimum absolute atomic E-state index is 0. The van der Waals surface area contributed by atoms with Crippen LogP contribution >= 0.6 is 0 Å². The molecule has 0 aromatic heterocycles. The molecule has 0 aliphatic rings. The number of hydrogen-bond acceptors (Lipinski definition) is 1. The fourth-order valence-electron chi connectivity index (χ4n) is 1.05. The Morgan fingerprint density at radius 2 is 1.71 bits per heavy atom. The average molecular weight is 200 g/mol. The minimum Gasteiger partial charge on any atom is -0.379 e. The Bertz CT molecular complexity index is 125. The van der Waals surface area contributed by atoms with Gasteiger partial charge in [-0.25, -0.2) is 0 Å². The lowest BCUT2D eigenvalue weighted by Crippen LogP contribution is -2.03. The molecule has 0 fully saturated rings. The first-order valence-corrected chi connectivity index (χ1v) is 5.41. The third-order valence-corrected chi connectivity index (χ3v) is 1.74. The lowest BCUT2D eigenvalue weighted by Gasteiger charge is -2.05. The van der Waals surface area contributed by atoms with Crippen molar-refractivity contribution in [2.24, 2.45) is 5.92 Å². The summed E-state index contributed by atoms with van der Waals surface area (Å²) < 4.78 is 5.45. The van der Waals surface area contributed by atoms with E-state index in [1.54, 1.807) is 0 Å². The predicted octanol–water partition coefficient (Wildman–Crippen LogP) is 4.43. The first kappa shape index (κ1) is 16.1. The van der Waals surface area contributed by atoms with Crippen LogP contribution in [0.5, 0.6) is 0 Å². The zero-order valence-electron chi connectivity index (χ0n) is 9.55. The first-order valence-electron chi connectivity index (χ1n) is 5.41. The minimum atomic E-state index is 0. The molecule has 0 N–H and O–H groups in total. The maximum atomic E-state index is 5.45. The zero-order valence-corrected chi connectivity index (χ0v) is 9.55. The van der Waals surface area contributed by atoms with Gasteiger partial charge in [-0.05, 0) is 39.0 Å². The van der Waals surface area contributed by atoms with Crippen LogP contribution in [0.3, 0.4) is 0 Å². The Hall–Kier alpha value is -0.300. The van der Waals surface area contributed by atoms with Crippen molar-refractivity contribution in [2.45, 2.75) is 60.5 Å². The lowest BCUT2D eigenvalue weighted by molar-refractivity contribution is 0.0762. The number of ether oxygens (including phenoxy) is 1. The van der Waals surface area contributed by atoms with Gasteiger partial charge in [0.2, 0.25) is 0 Å². The average Bonchev–Trinajstić information content (AvgIpc) is 2.01. The van der Waals surface area contributed by atoms with Crippen molar-refractivity contribution in [3.63, 3.8) is 0 Å². The second kappa shape index (κ2) is 10.8. The van der Waals surface area contributed by atoms with Crippen LogP contribution in [0.25, 0.3) is 0 Å². The summed E-state index contributed by atoms with van der Waals surface area (Å²) in [6.07, 6.45) is 8.55. The Kier molecular flexibility index (Phi) is 12.4. The molecule has 0 saturated carbocycles. The summed E-state index contributed by atoms with van der Waals surface area (Å²) in [6, 6.07) is 0. The van der Waals surface area contributed by atoms with Crippen molar-refractivity contribution < 1.29 is 4.74 Å².